The number of aromatic nitrogens is 4. The van der Waals surface area contributed by atoms with E-state index in [2.05, 4.69) is 15.2 Å². The molecule has 7 nitrogen and oxygen atoms in total. The van der Waals surface area contributed by atoms with Gasteiger partial charge in [0.2, 0.25) is 5.91 Å². The van der Waals surface area contributed by atoms with E-state index >= 15 is 0 Å². The number of aromatic amines is 1. The van der Waals surface area contributed by atoms with Crippen molar-refractivity contribution in [1.82, 2.24) is 24.6 Å². The summed E-state index contributed by atoms with van der Waals surface area (Å²) >= 11 is 0. The third-order valence-electron chi connectivity index (χ3n) is 4.82. The number of carbonyl (C=O) groups excluding carboxylic acids is 1. The van der Waals surface area contributed by atoms with Crippen LogP contribution in [-0.2, 0) is 11.2 Å². The van der Waals surface area contributed by atoms with Crippen molar-refractivity contribution < 1.29 is 4.79 Å². The summed E-state index contributed by atoms with van der Waals surface area (Å²) in [6, 6.07) is 6.53. The first kappa shape index (κ1) is 17.8. The maximum absolute atomic E-state index is 12.8. The molecule has 0 spiro atoms. The number of amides is 1. The molecule has 136 valence electrons. The molecule has 2 aromatic heterocycles. The summed E-state index contributed by atoms with van der Waals surface area (Å²) < 4.78 is 1.40. The highest BCUT2D eigenvalue weighted by Gasteiger charge is 2.21. The lowest BCUT2D eigenvalue weighted by atomic mass is 10.1. The lowest BCUT2D eigenvalue weighted by Gasteiger charge is -2.22. The normalized spacial score (nSPS) is 12.3. The standard InChI is InChI=1S/C19H23N5O2/c1-12-15(13(2)22-21-12)9-10-23(4)18(25)14(3)24-11-20-17-8-6-5-7-16(17)19(24)26/h5-8,11,14H,9-10H2,1-4H3,(H,21,22)/t14-/m1/s1. The highest BCUT2D eigenvalue weighted by Crippen LogP contribution is 2.13. The van der Waals surface area contributed by atoms with Crippen molar-refractivity contribution in [2.75, 3.05) is 13.6 Å². The van der Waals surface area contributed by atoms with E-state index in [9.17, 15) is 9.59 Å². The van der Waals surface area contributed by atoms with Crippen molar-refractivity contribution in [1.29, 1.82) is 0 Å². The Bertz CT molecular complexity index is 985. The number of fused-ring (bicyclic) bond motifs is 1. The molecule has 7 heteroatoms. The minimum absolute atomic E-state index is 0.122. The first-order valence-electron chi connectivity index (χ1n) is 8.61. The molecule has 0 aliphatic rings. The van der Waals surface area contributed by atoms with Gasteiger partial charge in [-0.05, 0) is 44.9 Å². The Kier molecular flexibility index (Phi) is 4.88. The minimum atomic E-state index is -0.615. The van der Waals surface area contributed by atoms with Crippen molar-refractivity contribution >= 4 is 16.8 Å². The fraction of sp³-hybridized carbons (Fsp3) is 0.368. The maximum Gasteiger partial charge on any atom is 0.261 e. The molecule has 26 heavy (non-hydrogen) atoms. The van der Waals surface area contributed by atoms with Crippen LogP contribution >= 0.6 is 0 Å². The van der Waals surface area contributed by atoms with Gasteiger partial charge in [0.05, 0.1) is 22.9 Å². The summed E-state index contributed by atoms with van der Waals surface area (Å²) in [6.07, 6.45) is 2.17. The van der Waals surface area contributed by atoms with Gasteiger partial charge in [-0.15, -0.1) is 0 Å². The van der Waals surface area contributed by atoms with Crippen LogP contribution in [0.15, 0.2) is 35.4 Å². The van der Waals surface area contributed by atoms with Crippen LogP contribution in [0, 0.1) is 13.8 Å². The topological polar surface area (TPSA) is 83.9 Å². The van der Waals surface area contributed by atoms with Crippen LogP contribution in [0.25, 0.3) is 10.9 Å². The summed E-state index contributed by atoms with van der Waals surface area (Å²) in [4.78, 5) is 31.4. The van der Waals surface area contributed by atoms with Crippen LogP contribution in [0.3, 0.4) is 0 Å². The average molecular weight is 353 g/mol. The Morgan fingerprint density at radius 2 is 2.04 bits per heavy atom. The van der Waals surface area contributed by atoms with Crippen LogP contribution in [0.5, 0.6) is 0 Å². The summed E-state index contributed by atoms with van der Waals surface area (Å²) in [6.45, 7) is 6.20. The van der Waals surface area contributed by atoms with Crippen molar-refractivity contribution in [3.8, 4) is 0 Å². The predicted octanol–water partition coefficient (Wildman–Crippen LogP) is 2.00. The number of likely N-dealkylation sites (N-methyl/N-ethyl adjacent to an activating group) is 1. The SMILES string of the molecule is Cc1n[nH]c(C)c1CCN(C)C(=O)[C@@H](C)n1cnc2ccccc2c1=O. The minimum Gasteiger partial charge on any atom is -0.344 e. The van der Waals surface area contributed by atoms with Gasteiger partial charge in [-0.25, -0.2) is 4.98 Å². The summed E-state index contributed by atoms with van der Waals surface area (Å²) in [5.41, 5.74) is 3.53. The molecule has 0 aliphatic heterocycles. The molecule has 0 saturated carbocycles. The Morgan fingerprint density at radius 3 is 2.73 bits per heavy atom. The molecule has 0 fully saturated rings. The van der Waals surface area contributed by atoms with E-state index < -0.39 is 6.04 Å². The first-order chi connectivity index (χ1) is 12.4. The van der Waals surface area contributed by atoms with Gasteiger partial charge in [0, 0.05) is 19.3 Å². The number of benzene rings is 1. The molecule has 0 unspecified atom stereocenters. The fourth-order valence-electron chi connectivity index (χ4n) is 3.13. The van der Waals surface area contributed by atoms with Gasteiger partial charge in [0.25, 0.3) is 5.56 Å². The molecule has 3 rings (SSSR count). The molecule has 1 atom stereocenters. The fourth-order valence-corrected chi connectivity index (χ4v) is 3.13. The quantitative estimate of drug-likeness (QED) is 0.760. The molecule has 1 N–H and O–H groups in total. The van der Waals surface area contributed by atoms with Crippen LogP contribution in [0.1, 0.15) is 29.9 Å². The second-order valence-electron chi connectivity index (χ2n) is 6.57. The molecule has 1 aromatic carbocycles. The van der Waals surface area contributed by atoms with Gasteiger partial charge in [-0.3, -0.25) is 19.3 Å². The third-order valence-corrected chi connectivity index (χ3v) is 4.82. The highest BCUT2D eigenvalue weighted by atomic mass is 16.2. The van der Waals surface area contributed by atoms with E-state index in [1.807, 2.05) is 19.9 Å². The molecule has 0 bridgehead atoms. The molecule has 1 amide bonds. The number of nitrogens with one attached hydrogen (secondary N) is 1. The zero-order chi connectivity index (χ0) is 18.8. The Labute approximate surface area is 151 Å². The summed E-state index contributed by atoms with van der Waals surface area (Å²) in [5, 5.41) is 7.65. The maximum atomic E-state index is 12.8. The summed E-state index contributed by atoms with van der Waals surface area (Å²) in [7, 11) is 1.75. The van der Waals surface area contributed by atoms with E-state index in [-0.39, 0.29) is 11.5 Å². The van der Waals surface area contributed by atoms with Gasteiger partial charge in [-0.1, -0.05) is 12.1 Å². The number of nitrogens with zero attached hydrogens (tertiary/aromatic N) is 4. The van der Waals surface area contributed by atoms with Crippen molar-refractivity contribution in [2.24, 2.45) is 0 Å². The number of carbonyl (C=O) groups is 1. The van der Waals surface area contributed by atoms with E-state index in [0.717, 1.165) is 17.0 Å². The number of aryl methyl sites for hydroxylation is 2. The third kappa shape index (κ3) is 3.24. The number of H-pyrrole nitrogens is 1. The van der Waals surface area contributed by atoms with E-state index in [4.69, 9.17) is 0 Å². The zero-order valence-corrected chi connectivity index (χ0v) is 15.5. The van der Waals surface area contributed by atoms with Gasteiger partial charge in [-0.2, -0.15) is 5.10 Å². The monoisotopic (exact) mass is 353 g/mol. The van der Waals surface area contributed by atoms with Crippen molar-refractivity contribution in [3.05, 3.63) is 57.9 Å². The predicted molar refractivity (Wildman–Crippen MR) is 100 cm³/mol. The number of hydrogen-bond acceptors (Lipinski definition) is 4. The Hall–Kier alpha value is -2.96. The van der Waals surface area contributed by atoms with Gasteiger partial charge in [0.15, 0.2) is 0 Å². The van der Waals surface area contributed by atoms with Crippen LogP contribution in [-0.4, -0.2) is 44.1 Å². The van der Waals surface area contributed by atoms with E-state index in [0.29, 0.717) is 23.9 Å². The second kappa shape index (κ2) is 7.11. The molecule has 0 saturated heterocycles. The van der Waals surface area contributed by atoms with Crippen LogP contribution < -0.4 is 5.56 Å². The second-order valence-corrected chi connectivity index (χ2v) is 6.57. The Balaban J connectivity index is 1.77. The highest BCUT2D eigenvalue weighted by molar-refractivity contribution is 5.81. The first-order valence-corrected chi connectivity index (χ1v) is 8.61. The van der Waals surface area contributed by atoms with Crippen LogP contribution in [0.2, 0.25) is 0 Å². The van der Waals surface area contributed by atoms with Gasteiger partial charge >= 0.3 is 0 Å². The van der Waals surface area contributed by atoms with Gasteiger partial charge < -0.3 is 4.90 Å². The number of para-hydroxylation sites is 1. The molecule has 3 aromatic rings. The average Bonchev–Trinajstić information content (AvgIpc) is 2.97. The number of hydrogen-bond donors (Lipinski definition) is 1. The van der Waals surface area contributed by atoms with E-state index in [1.165, 1.54) is 10.9 Å². The molecule has 0 aliphatic carbocycles. The molecule has 2 heterocycles. The molecular formula is C19H23N5O2. The molecule has 0 radical (unpaired) electrons. The summed E-state index contributed by atoms with van der Waals surface area (Å²) in [5.74, 6) is -0.122. The zero-order valence-electron chi connectivity index (χ0n) is 15.5. The van der Waals surface area contributed by atoms with Crippen LogP contribution in [0.4, 0.5) is 0 Å². The lowest BCUT2D eigenvalue weighted by Crippen LogP contribution is -2.38. The molecular weight excluding hydrogens is 330 g/mol. The largest absolute Gasteiger partial charge is 0.344 e. The van der Waals surface area contributed by atoms with E-state index in [1.54, 1.807) is 37.1 Å². The van der Waals surface area contributed by atoms with Crippen molar-refractivity contribution in [3.63, 3.8) is 0 Å². The van der Waals surface area contributed by atoms with Crippen molar-refractivity contribution in [2.45, 2.75) is 33.2 Å². The van der Waals surface area contributed by atoms with Gasteiger partial charge in [0.1, 0.15) is 6.04 Å². The smallest absolute Gasteiger partial charge is 0.261 e. The number of rotatable bonds is 5. The lowest BCUT2D eigenvalue weighted by molar-refractivity contribution is -0.133. The Morgan fingerprint density at radius 1 is 1.31 bits per heavy atom.